The standard InChI is InChI=1S/C13H18BrNO/c1-8(9-3-4-9)13(15)11-7-10(14)5-6-12(11)16-2/h5-9,13H,3-4,15H2,1-2H3. The second kappa shape index (κ2) is 4.76. The summed E-state index contributed by atoms with van der Waals surface area (Å²) in [5.41, 5.74) is 7.43. The van der Waals surface area contributed by atoms with Gasteiger partial charge >= 0.3 is 0 Å². The molecule has 2 atom stereocenters. The Labute approximate surface area is 105 Å². The van der Waals surface area contributed by atoms with E-state index in [0.717, 1.165) is 21.7 Å². The Kier molecular flexibility index (Phi) is 3.55. The highest BCUT2D eigenvalue weighted by atomic mass is 79.9. The van der Waals surface area contributed by atoms with Crippen LogP contribution in [0.25, 0.3) is 0 Å². The highest BCUT2D eigenvalue weighted by Gasteiger charge is 2.33. The normalized spacial score (nSPS) is 19.2. The molecule has 16 heavy (non-hydrogen) atoms. The Morgan fingerprint density at radius 1 is 1.44 bits per heavy atom. The summed E-state index contributed by atoms with van der Waals surface area (Å²) >= 11 is 3.48. The maximum Gasteiger partial charge on any atom is 0.123 e. The molecule has 2 unspecified atom stereocenters. The molecule has 1 fully saturated rings. The lowest BCUT2D eigenvalue weighted by atomic mass is 9.91. The van der Waals surface area contributed by atoms with Crippen molar-refractivity contribution in [2.75, 3.05) is 7.11 Å². The Bertz CT molecular complexity index is 376. The summed E-state index contributed by atoms with van der Waals surface area (Å²) in [6.45, 7) is 2.24. The summed E-state index contributed by atoms with van der Waals surface area (Å²) in [5.74, 6) is 2.23. The molecule has 0 heterocycles. The van der Waals surface area contributed by atoms with Gasteiger partial charge in [-0.25, -0.2) is 0 Å². The SMILES string of the molecule is COc1ccc(Br)cc1C(N)C(C)C1CC1. The summed E-state index contributed by atoms with van der Waals surface area (Å²) in [7, 11) is 1.70. The van der Waals surface area contributed by atoms with E-state index in [1.165, 1.54) is 12.8 Å². The molecule has 1 aromatic carbocycles. The molecule has 88 valence electrons. The zero-order valence-corrected chi connectivity index (χ0v) is 11.3. The first-order chi connectivity index (χ1) is 7.63. The zero-order valence-electron chi connectivity index (χ0n) is 9.74. The predicted molar refractivity (Wildman–Crippen MR) is 69.5 cm³/mol. The molecular weight excluding hydrogens is 266 g/mol. The van der Waals surface area contributed by atoms with Crippen LogP contribution in [-0.4, -0.2) is 7.11 Å². The van der Waals surface area contributed by atoms with Crippen molar-refractivity contribution in [3.05, 3.63) is 28.2 Å². The minimum absolute atomic E-state index is 0.0694. The van der Waals surface area contributed by atoms with Crippen LogP contribution in [0, 0.1) is 11.8 Å². The van der Waals surface area contributed by atoms with E-state index in [1.54, 1.807) is 7.11 Å². The largest absolute Gasteiger partial charge is 0.496 e. The Morgan fingerprint density at radius 3 is 2.69 bits per heavy atom. The van der Waals surface area contributed by atoms with Crippen molar-refractivity contribution in [1.82, 2.24) is 0 Å². The minimum atomic E-state index is 0.0694. The van der Waals surface area contributed by atoms with Crippen molar-refractivity contribution in [3.8, 4) is 5.75 Å². The molecule has 0 spiro atoms. The lowest BCUT2D eigenvalue weighted by Crippen LogP contribution is -2.21. The van der Waals surface area contributed by atoms with Crippen LogP contribution < -0.4 is 10.5 Å². The van der Waals surface area contributed by atoms with Crippen LogP contribution in [0.3, 0.4) is 0 Å². The molecule has 1 saturated carbocycles. The maximum atomic E-state index is 6.32. The third kappa shape index (κ3) is 2.41. The number of halogens is 1. The van der Waals surface area contributed by atoms with Crippen molar-refractivity contribution in [2.45, 2.75) is 25.8 Å². The van der Waals surface area contributed by atoms with E-state index in [2.05, 4.69) is 28.9 Å². The molecule has 0 bridgehead atoms. The van der Waals surface area contributed by atoms with Crippen molar-refractivity contribution < 1.29 is 4.74 Å². The van der Waals surface area contributed by atoms with Gasteiger partial charge in [0.15, 0.2) is 0 Å². The van der Waals surface area contributed by atoms with E-state index in [9.17, 15) is 0 Å². The molecule has 2 nitrogen and oxygen atoms in total. The first-order valence-electron chi connectivity index (χ1n) is 5.72. The Hall–Kier alpha value is -0.540. The molecule has 0 radical (unpaired) electrons. The number of methoxy groups -OCH3 is 1. The number of ether oxygens (including phenoxy) is 1. The second-order valence-corrected chi connectivity index (χ2v) is 5.52. The molecule has 1 aromatic rings. The van der Waals surface area contributed by atoms with Crippen molar-refractivity contribution >= 4 is 15.9 Å². The van der Waals surface area contributed by atoms with Crippen molar-refractivity contribution in [3.63, 3.8) is 0 Å². The first-order valence-corrected chi connectivity index (χ1v) is 6.51. The quantitative estimate of drug-likeness (QED) is 0.918. The van der Waals surface area contributed by atoms with Crippen LogP contribution in [0.4, 0.5) is 0 Å². The molecule has 1 aliphatic carbocycles. The summed E-state index contributed by atoms with van der Waals surface area (Å²) in [4.78, 5) is 0. The van der Waals surface area contributed by atoms with E-state index in [1.807, 2.05) is 12.1 Å². The van der Waals surface area contributed by atoms with E-state index in [0.29, 0.717) is 5.92 Å². The summed E-state index contributed by atoms with van der Waals surface area (Å²) in [5, 5.41) is 0. The van der Waals surface area contributed by atoms with Crippen LogP contribution in [0.5, 0.6) is 5.75 Å². The summed E-state index contributed by atoms with van der Waals surface area (Å²) in [6, 6.07) is 6.10. The minimum Gasteiger partial charge on any atom is -0.496 e. The average molecular weight is 284 g/mol. The van der Waals surface area contributed by atoms with Gasteiger partial charge in [0.1, 0.15) is 5.75 Å². The van der Waals surface area contributed by atoms with E-state index >= 15 is 0 Å². The van der Waals surface area contributed by atoms with Gasteiger partial charge in [-0.3, -0.25) is 0 Å². The Balaban J connectivity index is 2.26. The smallest absolute Gasteiger partial charge is 0.123 e. The maximum absolute atomic E-state index is 6.32. The van der Waals surface area contributed by atoms with Crippen LogP contribution in [0.1, 0.15) is 31.4 Å². The third-order valence-electron chi connectivity index (χ3n) is 3.48. The predicted octanol–water partition coefficient (Wildman–Crippen LogP) is 3.50. The first kappa shape index (κ1) is 11.9. The van der Waals surface area contributed by atoms with E-state index in [-0.39, 0.29) is 6.04 Å². The van der Waals surface area contributed by atoms with E-state index in [4.69, 9.17) is 10.5 Å². The van der Waals surface area contributed by atoms with Gasteiger partial charge < -0.3 is 10.5 Å². The van der Waals surface area contributed by atoms with Gasteiger partial charge in [0.05, 0.1) is 7.11 Å². The Morgan fingerprint density at radius 2 is 2.12 bits per heavy atom. The fourth-order valence-electron chi connectivity index (χ4n) is 2.16. The van der Waals surface area contributed by atoms with Gasteiger partial charge in [0.2, 0.25) is 0 Å². The fraction of sp³-hybridized carbons (Fsp3) is 0.538. The molecule has 1 aliphatic rings. The lowest BCUT2D eigenvalue weighted by Gasteiger charge is -2.22. The number of benzene rings is 1. The van der Waals surface area contributed by atoms with Gasteiger partial charge in [-0.05, 0) is 42.9 Å². The summed E-state index contributed by atoms with van der Waals surface area (Å²) in [6.07, 6.45) is 2.65. The molecule has 0 aromatic heterocycles. The van der Waals surface area contributed by atoms with Gasteiger partial charge in [0.25, 0.3) is 0 Å². The van der Waals surface area contributed by atoms with Crippen LogP contribution in [0.15, 0.2) is 22.7 Å². The molecule has 0 saturated heterocycles. The second-order valence-electron chi connectivity index (χ2n) is 4.61. The zero-order chi connectivity index (χ0) is 11.7. The highest BCUT2D eigenvalue weighted by Crippen LogP contribution is 2.43. The highest BCUT2D eigenvalue weighted by molar-refractivity contribution is 9.10. The molecule has 2 N–H and O–H groups in total. The monoisotopic (exact) mass is 283 g/mol. The number of hydrogen-bond acceptors (Lipinski definition) is 2. The summed E-state index contributed by atoms with van der Waals surface area (Å²) < 4.78 is 6.43. The number of nitrogens with two attached hydrogens (primary N) is 1. The van der Waals surface area contributed by atoms with Crippen LogP contribution in [0.2, 0.25) is 0 Å². The van der Waals surface area contributed by atoms with Crippen molar-refractivity contribution in [1.29, 1.82) is 0 Å². The van der Waals surface area contributed by atoms with Crippen LogP contribution in [-0.2, 0) is 0 Å². The number of rotatable bonds is 4. The van der Waals surface area contributed by atoms with E-state index < -0.39 is 0 Å². The molecule has 3 heteroatoms. The number of hydrogen-bond donors (Lipinski definition) is 1. The average Bonchev–Trinajstić information content (AvgIpc) is 3.11. The van der Waals surface area contributed by atoms with Crippen molar-refractivity contribution in [2.24, 2.45) is 17.6 Å². The molecule has 0 aliphatic heterocycles. The molecular formula is C13H18BrNO. The van der Waals surface area contributed by atoms with Crippen LogP contribution >= 0.6 is 15.9 Å². The van der Waals surface area contributed by atoms with Gasteiger partial charge in [-0.15, -0.1) is 0 Å². The molecule has 2 rings (SSSR count). The topological polar surface area (TPSA) is 35.2 Å². The fourth-order valence-corrected chi connectivity index (χ4v) is 2.54. The van der Waals surface area contributed by atoms with Gasteiger partial charge in [-0.2, -0.15) is 0 Å². The molecule has 0 amide bonds. The van der Waals surface area contributed by atoms with Gasteiger partial charge in [0, 0.05) is 16.1 Å². The van der Waals surface area contributed by atoms with Gasteiger partial charge in [-0.1, -0.05) is 22.9 Å². The third-order valence-corrected chi connectivity index (χ3v) is 3.98. The lowest BCUT2D eigenvalue weighted by molar-refractivity contribution is 0.376.